The van der Waals surface area contributed by atoms with Gasteiger partial charge in [-0.1, -0.05) is 18.9 Å². The Balaban J connectivity index is 1.64. The molecule has 0 unspecified atom stereocenters. The van der Waals surface area contributed by atoms with E-state index in [0.717, 1.165) is 25.7 Å². The SMILES string of the molecule is CN1CCN(S(=O)(=O)c2cccc(NC(=O)CN3CCCCCCC3=O)c2)CC1. The molecular weight excluding hydrogens is 392 g/mol. The lowest BCUT2D eigenvalue weighted by atomic mass is 10.1. The van der Waals surface area contributed by atoms with E-state index in [4.69, 9.17) is 0 Å². The van der Waals surface area contributed by atoms with Gasteiger partial charge in [-0.2, -0.15) is 4.31 Å². The van der Waals surface area contributed by atoms with E-state index in [1.54, 1.807) is 23.1 Å². The zero-order chi connectivity index (χ0) is 20.9. The molecule has 1 N–H and O–H groups in total. The summed E-state index contributed by atoms with van der Waals surface area (Å²) in [7, 11) is -1.63. The van der Waals surface area contributed by atoms with Crippen molar-refractivity contribution in [3.05, 3.63) is 24.3 Å². The molecule has 1 aromatic carbocycles. The monoisotopic (exact) mass is 422 g/mol. The number of anilines is 1. The Hall–Kier alpha value is -1.97. The van der Waals surface area contributed by atoms with Crippen LogP contribution in [0.2, 0.25) is 0 Å². The van der Waals surface area contributed by atoms with Crippen LogP contribution in [0.5, 0.6) is 0 Å². The number of likely N-dealkylation sites (N-methyl/N-ethyl adjacent to an activating group) is 1. The first kappa shape index (κ1) is 21.7. The van der Waals surface area contributed by atoms with Gasteiger partial charge in [-0.3, -0.25) is 9.59 Å². The Morgan fingerprint density at radius 2 is 1.76 bits per heavy atom. The molecule has 0 atom stereocenters. The number of piperazine rings is 1. The van der Waals surface area contributed by atoms with Crippen LogP contribution >= 0.6 is 0 Å². The molecule has 9 heteroatoms. The first-order valence-electron chi connectivity index (χ1n) is 10.2. The molecule has 0 aromatic heterocycles. The fourth-order valence-corrected chi connectivity index (χ4v) is 5.14. The zero-order valence-corrected chi connectivity index (χ0v) is 17.8. The number of carbonyl (C=O) groups is 2. The average Bonchev–Trinajstić information content (AvgIpc) is 2.68. The summed E-state index contributed by atoms with van der Waals surface area (Å²) in [6.45, 7) is 2.87. The number of benzene rings is 1. The number of hydrogen-bond donors (Lipinski definition) is 1. The molecule has 0 saturated carbocycles. The van der Waals surface area contributed by atoms with Crippen LogP contribution in [0.15, 0.2) is 29.2 Å². The molecule has 3 rings (SSSR count). The Morgan fingerprint density at radius 1 is 1.03 bits per heavy atom. The lowest BCUT2D eigenvalue weighted by Gasteiger charge is -2.31. The molecule has 8 nitrogen and oxygen atoms in total. The van der Waals surface area contributed by atoms with E-state index in [2.05, 4.69) is 10.2 Å². The smallest absolute Gasteiger partial charge is 0.243 e. The summed E-state index contributed by atoms with van der Waals surface area (Å²) in [4.78, 5) is 28.5. The quantitative estimate of drug-likeness (QED) is 0.774. The van der Waals surface area contributed by atoms with Crippen LogP contribution in [0.3, 0.4) is 0 Å². The predicted octanol–water partition coefficient (Wildman–Crippen LogP) is 1.35. The Labute approximate surface area is 172 Å². The van der Waals surface area contributed by atoms with E-state index in [1.165, 1.54) is 10.4 Å². The van der Waals surface area contributed by atoms with Crippen molar-refractivity contribution >= 4 is 27.5 Å². The maximum absolute atomic E-state index is 12.9. The van der Waals surface area contributed by atoms with Crippen molar-refractivity contribution in [1.29, 1.82) is 0 Å². The Morgan fingerprint density at radius 3 is 2.52 bits per heavy atom. The van der Waals surface area contributed by atoms with Gasteiger partial charge in [0, 0.05) is 44.8 Å². The number of carbonyl (C=O) groups excluding carboxylic acids is 2. The largest absolute Gasteiger partial charge is 0.333 e. The third-order valence-electron chi connectivity index (χ3n) is 5.47. The molecular formula is C20H30N4O4S. The average molecular weight is 423 g/mol. The second-order valence-electron chi connectivity index (χ2n) is 7.76. The molecule has 2 fully saturated rings. The highest BCUT2D eigenvalue weighted by Crippen LogP contribution is 2.21. The van der Waals surface area contributed by atoms with Crippen molar-refractivity contribution in [3.63, 3.8) is 0 Å². The Kier molecular flexibility index (Phi) is 7.26. The van der Waals surface area contributed by atoms with Gasteiger partial charge < -0.3 is 15.1 Å². The van der Waals surface area contributed by atoms with Crippen LogP contribution in [-0.2, 0) is 19.6 Å². The minimum absolute atomic E-state index is 0.00568. The van der Waals surface area contributed by atoms with Gasteiger partial charge in [-0.15, -0.1) is 0 Å². The maximum Gasteiger partial charge on any atom is 0.243 e. The van der Waals surface area contributed by atoms with E-state index in [1.807, 2.05) is 7.05 Å². The summed E-state index contributed by atoms with van der Waals surface area (Å²) in [5, 5.41) is 2.74. The summed E-state index contributed by atoms with van der Waals surface area (Å²) in [6.07, 6.45) is 4.37. The van der Waals surface area contributed by atoms with Gasteiger partial charge in [-0.25, -0.2) is 8.42 Å². The molecule has 2 aliphatic rings. The molecule has 2 amide bonds. The minimum Gasteiger partial charge on any atom is -0.333 e. The molecule has 0 aliphatic carbocycles. The Bertz CT molecular complexity index is 835. The lowest BCUT2D eigenvalue weighted by molar-refractivity contribution is -0.135. The molecule has 0 bridgehead atoms. The van der Waals surface area contributed by atoms with Crippen LogP contribution in [0, 0.1) is 0 Å². The van der Waals surface area contributed by atoms with Gasteiger partial charge in [0.2, 0.25) is 21.8 Å². The third-order valence-corrected chi connectivity index (χ3v) is 7.37. The first-order valence-corrected chi connectivity index (χ1v) is 11.7. The summed E-state index contributed by atoms with van der Waals surface area (Å²) in [6, 6.07) is 6.32. The highest BCUT2D eigenvalue weighted by molar-refractivity contribution is 7.89. The summed E-state index contributed by atoms with van der Waals surface area (Å²) in [5.41, 5.74) is 0.421. The summed E-state index contributed by atoms with van der Waals surface area (Å²) >= 11 is 0. The van der Waals surface area contributed by atoms with Crippen LogP contribution in [0.4, 0.5) is 5.69 Å². The maximum atomic E-state index is 12.9. The third kappa shape index (κ3) is 5.77. The fraction of sp³-hybridized carbons (Fsp3) is 0.600. The summed E-state index contributed by atoms with van der Waals surface area (Å²) < 4.78 is 27.3. The van der Waals surface area contributed by atoms with E-state index >= 15 is 0 Å². The van der Waals surface area contributed by atoms with Crippen LogP contribution in [0.1, 0.15) is 32.1 Å². The second-order valence-corrected chi connectivity index (χ2v) is 9.70. The lowest BCUT2D eigenvalue weighted by Crippen LogP contribution is -2.47. The molecule has 1 aromatic rings. The van der Waals surface area contributed by atoms with E-state index in [0.29, 0.717) is 44.8 Å². The topological polar surface area (TPSA) is 90.0 Å². The molecule has 0 spiro atoms. The van der Waals surface area contributed by atoms with Crippen molar-refractivity contribution in [3.8, 4) is 0 Å². The molecule has 2 heterocycles. The second kappa shape index (κ2) is 9.69. The number of hydrogen-bond acceptors (Lipinski definition) is 5. The normalized spacial score (nSPS) is 20.2. The number of sulfonamides is 1. The standard InChI is InChI=1S/C20H30N4O4S/c1-22-11-13-24(14-12-22)29(27,28)18-8-6-7-17(15-18)21-19(25)16-23-10-5-3-2-4-9-20(23)26/h6-8,15H,2-5,9-14,16H2,1H3,(H,21,25). The van der Waals surface area contributed by atoms with Crippen LogP contribution in [0.25, 0.3) is 0 Å². The first-order chi connectivity index (χ1) is 13.9. The highest BCUT2D eigenvalue weighted by Gasteiger charge is 2.27. The molecule has 160 valence electrons. The molecule has 29 heavy (non-hydrogen) atoms. The zero-order valence-electron chi connectivity index (χ0n) is 17.0. The van der Waals surface area contributed by atoms with E-state index in [-0.39, 0.29) is 23.3 Å². The fourth-order valence-electron chi connectivity index (χ4n) is 3.67. The molecule has 2 saturated heterocycles. The predicted molar refractivity (Wildman–Crippen MR) is 111 cm³/mol. The molecule has 2 aliphatic heterocycles. The van der Waals surface area contributed by atoms with Crippen LogP contribution < -0.4 is 5.32 Å². The van der Waals surface area contributed by atoms with Gasteiger partial charge in [0.1, 0.15) is 0 Å². The minimum atomic E-state index is -3.60. The number of nitrogens with one attached hydrogen (secondary N) is 1. The van der Waals surface area contributed by atoms with Crippen molar-refractivity contribution in [1.82, 2.24) is 14.1 Å². The van der Waals surface area contributed by atoms with Crippen LogP contribution in [-0.4, -0.2) is 80.7 Å². The van der Waals surface area contributed by atoms with E-state index < -0.39 is 10.0 Å². The van der Waals surface area contributed by atoms with Crippen molar-refractivity contribution < 1.29 is 18.0 Å². The van der Waals surface area contributed by atoms with Gasteiger partial charge in [0.05, 0.1) is 11.4 Å². The number of likely N-dealkylation sites (tertiary alicyclic amines) is 1. The van der Waals surface area contributed by atoms with Crippen molar-refractivity contribution in [2.75, 3.05) is 51.6 Å². The van der Waals surface area contributed by atoms with Gasteiger partial charge >= 0.3 is 0 Å². The van der Waals surface area contributed by atoms with Crippen molar-refractivity contribution in [2.24, 2.45) is 0 Å². The number of amides is 2. The van der Waals surface area contributed by atoms with Gasteiger partial charge in [0.25, 0.3) is 0 Å². The number of nitrogens with zero attached hydrogens (tertiary/aromatic N) is 3. The summed E-state index contributed by atoms with van der Waals surface area (Å²) in [5.74, 6) is -0.306. The van der Waals surface area contributed by atoms with Gasteiger partial charge in [0.15, 0.2) is 0 Å². The van der Waals surface area contributed by atoms with Crippen molar-refractivity contribution in [2.45, 2.75) is 37.0 Å². The molecule has 0 radical (unpaired) electrons. The van der Waals surface area contributed by atoms with Gasteiger partial charge in [-0.05, 0) is 38.1 Å². The highest BCUT2D eigenvalue weighted by atomic mass is 32.2. The number of rotatable bonds is 5. The van der Waals surface area contributed by atoms with E-state index in [9.17, 15) is 18.0 Å².